The van der Waals surface area contributed by atoms with Crippen LogP contribution in [0.25, 0.3) is 0 Å². The van der Waals surface area contributed by atoms with E-state index in [-0.39, 0.29) is 23.6 Å². The minimum atomic E-state index is -0.308. The smallest absolute Gasteiger partial charge is 0.296 e. The van der Waals surface area contributed by atoms with Gasteiger partial charge in [0.05, 0.1) is 28.5 Å². The van der Waals surface area contributed by atoms with Gasteiger partial charge in [-0.1, -0.05) is 46.6 Å². The van der Waals surface area contributed by atoms with Crippen molar-refractivity contribution < 1.29 is 14.1 Å². The van der Waals surface area contributed by atoms with Gasteiger partial charge in [-0.2, -0.15) is 0 Å². The zero-order valence-electron chi connectivity index (χ0n) is 14.6. The van der Waals surface area contributed by atoms with Crippen LogP contribution in [-0.2, 0) is 0 Å². The van der Waals surface area contributed by atoms with Crippen LogP contribution in [0.4, 0.5) is 5.69 Å². The van der Waals surface area contributed by atoms with Gasteiger partial charge in [0.2, 0.25) is 5.76 Å². The molecule has 1 atom stereocenters. The Morgan fingerprint density at radius 2 is 1.96 bits per heavy atom. The number of hydrogen-bond acceptors (Lipinski definition) is 4. The standard InChI is InChI=1S/C20H15Cl2N3O3/c21-12-5-6-14-16(24-19(26)13-3-1-2-4-15(13)22)8-10-25(17(14)11-12)20(27)18-7-9-23-28-18/h1-7,9,11,16H,8,10H2,(H,24,26). The van der Waals surface area contributed by atoms with Crippen molar-refractivity contribution >= 4 is 40.7 Å². The molecule has 1 unspecified atom stereocenters. The van der Waals surface area contributed by atoms with Crippen LogP contribution in [0.1, 0.15) is 38.9 Å². The first-order chi connectivity index (χ1) is 13.5. The molecule has 142 valence electrons. The first-order valence-corrected chi connectivity index (χ1v) is 9.37. The van der Waals surface area contributed by atoms with Gasteiger partial charge in [-0.3, -0.25) is 9.59 Å². The number of anilines is 1. The molecule has 8 heteroatoms. The van der Waals surface area contributed by atoms with E-state index in [1.54, 1.807) is 41.3 Å². The third kappa shape index (κ3) is 3.48. The van der Waals surface area contributed by atoms with Crippen LogP contribution < -0.4 is 10.2 Å². The number of rotatable bonds is 3. The van der Waals surface area contributed by atoms with Gasteiger partial charge in [-0.05, 0) is 36.2 Å². The zero-order valence-corrected chi connectivity index (χ0v) is 16.1. The van der Waals surface area contributed by atoms with Crippen LogP contribution in [0.15, 0.2) is 59.3 Å². The molecule has 1 aromatic heterocycles. The summed E-state index contributed by atoms with van der Waals surface area (Å²) >= 11 is 12.3. The molecule has 0 saturated carbocycles. The fourth-order valence-electron chi connectivity index (χ4n) is 3.28. The number of carbonyl (C=O) groups is 2. The van der Waals surface area contributed by atoms with Crippen LogP contribution in [0.3, 0.4) is 0 Å². The molecule has 0 bridgehead atoms. The van der Waals surface area contributed by atoms with Crippen molar-refractivity contribution in [1.82, 2.24) is 10.5 Å². The van der Waals surface area contributed by atoms with Gasteiger partial charge in [-0.25, -0.2) is 0 Å². The van der Waals surface area contributed by atoms with E-state index in [0.29, 0.717) is 34.3 Å². The van der Waals surface area contributed by atoms with Gasteiger partial charge in [0.1, 0.15) is 0 Å². The van der Waals surface area contributed by atoms with Gasteiger partial charge < -0.3 is 14.7 Å². The average molecular weight is 416 g/mol. The monoisotopic (exact) mass is 415 g/mol. The number of aromatic nitrogens is 1. The second-order valence-electron chi connectivity index (χ2n) is 6.33. The first kappa shape index (κ1) is 18.5. The van der Waals surface area contributed by atoms with E-state index in [2.05, 4.69) is 10.5 Å². The highest BCUT2D eigenvalue weighted by Gasteiger charge is 2.32. The molecule has 1 aliphatic heterocycles. The lowest BCUT2D eigenvalue weighted by molar-refractivity contribution is 0.0930. The van der Waals surface area contributed by atoms with Gasteiger partial charge in [0.15, 0.2) is 0 Å². The third-order valence-corrected chi connectivity index (χ3v) is 5.18. The molecule has 0 spiro atoms. The van der Waals surface area contributed by atoms with E-state index in [0.717, 1.165) is 5.56 Å². The van der Waals surface area contributed by atoms with Gasteiger partial charge >= 0.3 is 0 Å². The highest BCUT2D eigenvalue weighted by molar-refractivity contribution is 6.33. The van der Waals surface area contributed by atoms with E-state index in [1.807, 2.05) is 6.07 Å². The molecule has 6 nitrogen and oxygen atoms in total. The van der Waals surface area contributed by atoms with Crippen LogP contribution in [0.2, 0.25) is 10.0 Å². The van der Waals surface area contributed by atoms with Crippen molar-refractivity contribution in [3.05, 3.63) is 81.7 Å². The highest BCUT2D eigenvalue weighted by Crippen LogP contribution is 2.37. The fraction of sp³-hybridized carbons (Fsp3) is 0.150. The Bertz CT molecular complexity index is 1040. The summed E-state index contributed by atoms with van der Waals surface area (Å²) in [7, 11) is 0. The number of amides is 2. The lowest BCUT2D eigenvalue weighted by atomic mass is 9.95. The average Bonchev–Trinajstić information content (AvgIpc) is 3.22. The van der Waals surface area contributed by atoms with Crippen molar-refractivity contribution in [3.63, 3.8) is 0 Å². The SMILES string of the molecule is O=C(NC1CCN(C(=O)c2ccno2)c2cc(Cl)ccc21)c1ccccc1Cl. The Morgan fingerprint density at radius 1 is 1.14 bits per heavy atom. The summed E-state index contributed by atoms with van der Waals surface area (Å²) in [5, 5.41) is 7.47. The van der Waals surface area contributed by atoms with E-state index in [4.69, 9.17) is 27.7 Å². The number of nitrogens with zero attached hydrogens (tertiary/aromatic N) is 2. The molecule has 2 aromatic carbocycles. The number of nitrogens with one attached hydrogen (secondary N) is 1. The topological polar surface area (TPSA) is 75.4 Å². The Balaban J connectivity index is 1.64. The van der Waals surface area contributed by atoms with E-state index < -0.39 is 0 Å². The molecule has 3 aromatic rings. The quantitative estimate of drug-likeness (QED) is 0.682. The maximum absolute atomic E-state index is 12.8. The molecule has 28 heavy (non-hydrogen) atoms. The molecule has 0 aliphatic carbocycles. The largest absolute Gasteiger partial charge is 0.351 e. The number of benzene rings is 2. The summed E-state index contributed by atoms with van der Waals surface area (Å²) in [6.07, 6.45) is 1.95. The van der Waals surface area contributed by atoms with E-state index in [1.165, 1.54) is 12.3 Å². The summed E-state index contributed by atoms with van der Waals surface area (Å²) in [6, 6.07) is 13.3. The van der Waals surface area contributed by atoms with Crippen LogP contribution in [0.5, 0.6) is 0 Å². The van der Waals surface area contributed by atoms with Crippen molar-refractivity contribution in [3.8, 4) is 0 Å². The molecule has 0 saturated heterocycles. The number of hydrogen-bond donors (Lipinski definition) is 1. The van der Waals surface area contributed by atoms with Crippen LogP contribution in [0, 0.1) is 0 Å². The summed E-state index contributed by atoms with van der Waals surface area (Å²) in [6.45, 7) is 0.389. The van der Waals surface area contributed by atoms with E-state index in [9.17, 15) is 9.59 Å². The normalized spacial score (nSPS) is 15.8. The van der Waals surface area contributed by atoms with Gasteiger partial charge in [0, 0.05) is 17.6 Å². The predicted octanol–water partition coefficient (Wildman–Crippen LogP) is 4.50. The molecule has 1 N–H and O–H groups in total. The molecule has 4 rings (SSSR count). The van der Waals surface area contributed by atoms with Crippen LogP contribution in [-0.4, -0.2) is 23.5 Å². The molecular formula is C20H15Cl2N3O3. The fourth-order valence-corrected chi connectivity index (χ4v) is 3.67. The van der Waals surface area contributed by atoms with E-state index >= 15 is 0 Å². The lowest BCUT2D eigenvalue weighted by Crippen LogP contribution is -2.41. The summed E-state index contributed by atoms with van der Waals surface area (Å²) < 4.78 is 5.00. The second-order valence-corrected chi connectivity index (χ2v) is 7.17. The molecule has 2 amide bonds. The van der Waals surface area contributed by atoms with Crippen molar-refractivity contribution in [2.75, 3.05) is 11.4 Å². The number of halogens is 2. The van der Waals surface area contributed by atoms with Gasteiger partial charge in [-0.15, -0.1) is 0 Å². The summed E-state index contributed by atoms with van der Waals surface area (Å²) in [5.41, 5.74) is 1.83. The minimum absolute atomic E-state index is 0.143. The third-order valence-electron chi connectivity index (χ3n) is 4.62. The van der Waals surface area contributed by atoms with Gasteiger partial charge in [0.25, 0.3) is 11.8 Å². The Labute approximate surface area is 171 Å². The second kappa shape index (κ2) is 7.66. The Hall–Kier alpha value is -2.83. The molecular weight excluding hydrogens is 401 g/mol. The van der Waals surface area contributed by atoms with Crippen LogP contribution >= 0.6 is 23.2 Å². The molecule has 1 aliphatic rings. The van der Waals surface area contributed by atoms with Crippen molar-refractivity contribution in [2.24, 2.45) is 0 Å². The Morgan fingerprint density at radius 3 is 2.71 bits per heavy atom. The lowest BCUT2D eigenvalue weighted by Gasteiger charge is -2.34. The summed E-state index contributed by atoms with van der Waals surface area (Å²) in [5.74, 6) is -0.437. The Kier molecular flexibility index (Phi) is 5.07. The maximum atomic E-state index is 12.8. The molecule has 0 radical (unpaired) electrons. The van der Waals surface area contributed by atoms with Crippen molar-refractivity contribution in [2.45, 2.75) is 12.5 Å². The highest BCUT2D eigenvalue weighted by atomic mass is 35.5. The molecule has 2 heterocycles. The predicted molar refractivity (Wildman–Crippen MR) is 106 cm³/mol. The summed E-state index contributed by atoms with van der Waals surface area (Å²) in [4.78, 5) is 27.0. The van der Waals surface area contributed by atoms with Crippen molar-refractivity contribution in [1.29, 1.82) is 0 Å². The molecule has 0 fully saturated rings. The first-order valence-electron chi connectivity index (χ1n) is 8.62. The zero-order chi connectivity index (χ0) is 19.7. The number of fused-ring (bicyclic) bond motifs is 1. The number of carbonyl (C=O) groups excluding carboxylic acids is 2. The minimum Gasteiger partial charge on any atom is -0.351 e. The maximum Gasteiger partial charge on any atom is 0.296 e.